The van der Waals surface area contributed by atoms with Crippen LogP contribution in [0.15, 0.2) is 23.3 Å². The van der Waals surface area contributed by atoms with Crippen molar-refractivity contribution in [1.29, 1.82) is 10.5 Å². The standard InChI is InChI=1S/C15H16N4O3/c1-10(2)5-6-22-14-4-3-11(15(20)21)7-13(14)19-18-12(8-16)9-17/h3-4,7,10,19H,5-6H2,1-2H3,(H,20,21). The number of carboxylic acid groups (broad SMARTS) is 1. The lowest BCUT2D eigenvalue weighted by Gasteiger charge is -2.12. The Hall–Kier alpha value is -3.06. The fourth-order valence-electron chi connectivity index (χ4n) is 1.47. The van der Waals surface area contributed by atoms with Crippen LogP contribution in [0.5, 0.6) is 5.75 Å². The van der Waals surface area contributed by atoms with Crippen molar-refractivity contribution in [3.63, 3.8) is 0 Å². The van der Waals surface area contributed by atoms with Crippen molar-refractivity contribution in [2.75, 3.05) is 12.0 Å². The number of rotatable bonds is 7. The predicted molar refractivity (Wildman–Crippen MR) is 80.6 cm³/mol. The van der Waals surface area contributed by atoms with Crippen LogP contribution in [-0.4, -0.2) is 23.4 Å². The number of hydrazone groups is 1. The Labute approximate surface area is 128 Å². The molecule has 0 saturated carbocycles. The molecule has 1 aromatic rings. The number of nitrogens with one attached hydrogen (secondary N) is 1. The highest BCUT2D eigenvalue weighted by Gasteiger charge is 2.10. The van der Waals surface area contributed by atoms with Crippen LogP contribution < -0.4 is 10.2 Å². The molecular weight excluding hydrogens is 284 g/mol. The van der Waals surface area contributed by atoms with Gasteiger partial charge in [0.2, 0.25) is 5.71 Å². The summed E-state index contributed by atoms with van der Waals surface area (Å²) in [6, 6.07) is 7.48. The lowest BCUT2D eigenvalue weighted by molar-refractivity contribution is 0.0697. The molecule has 1 rings (SSSR count). The molecule has 0 amide bonds. The van der Waals surface area contributed by atoms with Crippen molar-refractivity contribution < 1.29 is 14.6 Å². The van der Waals surface area contributed by atoms with E-state index in [4.69, 9.17) is 20.4 Å². The average Bonchev–Trinajstić information content (AvgIpc) is 2.48. The van der Waals surface area contributed by atoms with Crippen molar-refractivity contribution in [1.82, 2.24) is 0 Å². The minimum Gasteiger partial charge on any atom is -0.491 e. The SMILES string of the molecule is CC(C)CCOc1ccc(C(=O)O)cc1NN=C(C#N)C#N. The van der Waals surface area contributed by atoms with Gasteiger partial charge in [0.25, 0.3) is 0 Å². The van der Waals surface area contributed by atoms with Gasteiger partial charge in [0, 0.05) is 0 Å². The highest BCUT2D eigenvalue weighted by molar-refractivity contribution is 6.10. The average molecular weight is 300 g/mol. The molecule has 2 N–H and O–H groups in total. The summed E-state index contributed by atoms with van der Waals surface area (Å²) in [5.74, 6) is -0.220. The summed E-state index contributed by atoms with van der Waals surface area (Å²) < 4.78 is 5.59. The Morgan fingerprint density at radius 1 is 1.41 bits per heavy atom. The number of nitrogens with zero attached hydrogens (tertiary/aromatic N) is 3. The van der Waals surface area contributed by atoms with Crippen molar-refractivity contribution in [2.45, 2.75) is 20.3 Å². The number of aromatic carboxylic acids is 1. The number of ether oxygens (including phenoxy) is 1. The fraction of sp³-hybridized carbons (Fsp3) is 0.333. The lowest BCUT2D eigenvalue weighted by Crippen LogP contribution is -2.06. The van der Waals surface area contributed by atoms with Gasteiger partial charge >= 0.3 is 5.97 Å². The summed E-state index contributed by atoms with van der Waals surface area (Å²) in [6.45, 7) is 4.59. The Bertz CT molecular complexity index is 638. The first-order valence-corrected chi connectivity index (χ1v) is 6.62. The molecule has 0 saturated heterocycles. The van der Waals surface area contributed by atoms with Gasteiger partial charge in [0.1, 0.15) is 17.9 Å². The van der Waals surface area contributed by atoms with E-state index >= 15 is 0 Å². The van der Waals surface area contributed by atoms with E-state index < -0.39 is 5.97 Å². The first-order valence-electron chi connectivity index (χ1n) is 6.62. The van der Waals surface area contributed by atoms with Gasteiger partial charge in [0.05, 0.1) is 17.9 Å². The number of hydrogen-bond donors (Lipinski definition) is 2. The topological polar surface area (TPSA) is 118 Å². The molecule has 0 heterocycles. The van der Waals surface area contributed by atoms with Crippen molar-refractivity contribution in [3.8, 4) is 17.9 Å². The summed E-state index contributed by atoms with van der Waals surface area (Å²) >= 11 is 0. The van der Waals surface area contributed by atoms with Crippen molar-refractivity contribution in [3.05, 3.63) is 23.8 Å². The summed E-state index contributed by atoms with van der Waals surface area (Å²) in [5, 5.41) is 29.9. The maximum atomic E-state index is 11.0. The molecule has 0 radical (unpaired) electrons. The molecule has 0 spiro atoms. The molecule has 7 heteroatoms. The zero-order chi connectivity index (χ0) is 16.5. The Morgan fingerprint density at radius 3 is 2.64 bits per heavy atom. The molecule has 0 aliphatic carbocycles. The zero-order valence-electron chi connectivity index (χ0n) is 12.3. The Morgan fingerprint density at radius 2 is 2.09 bits per heavy atom. The minimum atomic E-state index is -1.10. The van der Waals surface area contributed by atoms with Gasteiger partial charge in [-0.15, -0.1) is 0 Å². The molecule has 7 nitrogen and oxygen atoms in total. The molecule has 0 aliphatic rings. The van der Waals surface area contributed by atoms with Crippen molar-refractivity contribution >= 4 is 17.4 Å². The van der Waals surface area contributed by atoms with Crippen LogP contribution in [0.1, 0.15) is 30.6 Å². The van der Waals surface area contributed by atoms with E-state index in [1.807, 2.05) is 0 Å². The second-order valence-corrected chi connectivity index (χ2v) is 4.84. The fourth-order valence-corrected chi connectivity index (χ4v) is 1.47. The van der Waals surface area contributed by atoms with E-state index in [2.05, 4.69) is 24.4 Å². The number of benzene rings is 1. The van der Waals surface area contributed by atoms with E-state index in [0.717, 1.165) is 6.42 Å². The molecule has 1 aromatic carbocycles. The molecular formula is C15H16N4O3. The highest BCUT2D eigenvalue weighted by Crippen LogP contribution is 2.26. The Balaban J connectivity index is 3.00. The van der Waals surface area contributed by atoms with Crippen LogP contribution >= 0.6 is 0 Å². The third-order valence-electron chi connectivity index (χ3n) is 2.68. The summed E-state index contributed by atoms with van der Waals surface area (Å²) in [4.78, 5) is 11.0. The van der Waals surface area contributed by atoms with Gasteiger partial charge in [0.15, 0.2) is 0 Å². The monoisotopic (exact) mass is 300 g/mol. The van der Waals surface area contributed by atoms with E-state index in [1.54, 1.807) is 12.1 Å². The number of anilines is 1. The van der Waals surface area contributed by atoms with E-state index in [1.165, 1.54) is 18.2 Å². The summed E-state index contributed by atoms with van der Waals surface area (Å²) in [7, 11) is 0. The second-order valence-electron chi connectivity index (χ2n) is 4.84. The van der Waals surface area contributed by atoms with Gasteiger partial charge in [-0.25, -0.2) is 4.79 Å². The van der Waals surface area contributed by atoms with Gasteiger partial charge in [-0.3, -0.25) is 5.43 Å². The van der Waals surface area contributed by atoms with Gasteiger partial charge in [-0.1, -0.05) is 13.8 Å². The number of nitriles is 2. The summed E-state index contributed by atoms with van der Waals surface area (Å²) in [5.41, 5.74) is 2.47. The first-order chi connectivity index (χ1) is 10.5. The third-order valence-corrected chi connectivity index (χ3v) is 2.68. The predicted octanol–water partition coefficient (Wildman–Crippen LogP) is 2.62. The smallest absolute Gasteiger partial charge is 0.335 e. The largest absolute Gasteiger partial charge is 0.491 e. The first kappa shape index (κ1) is 17.0. The summed E-state index contributed by atoms with van der Waals surface area (Å²) in [6.07, 6.45) is 0.838. The van der Waals surface area contributed by atoms with Crippen LogP contribution in [0.25, 0.3) is 0 Å². The van der Waals surface area contributed by atoms with E-state index in [9.17, 15) is 4.79 Å². The molecule has 0 aromatic heterocycles. The van der Waals surface area contributed by atoms with E-state index in [0.29, 0.717) is 18.3 Å². The van der Waals surface area contributed by atoms with Crippen LogP contribution in [0.3, 0.4) is 0 Å². The molecule has 0 unspecified atom stereocenters. The normalized spacial score (nSPS) is 9.50. The van der Waals surface area contributed by atoms with Crippen molar-refractivity contribution in [2.24, 2.45) is 11.0 Å². The molecule has 0 bridgehead atoms. The van der Waals surface area contributed by atoms with Gasteiger partial charge in [-0.2, -0.15) is 15.6 Å². The molecule has 22 heavy (non-hydrogen) atoms. The third kappa shape index (κ3) is 5.14. The van der Waals surface area contributed by atoms with Crippen LogP contribution in [-0.2, 0) is 0 Å². The molecule has 0 aliphatic heterocycles. The van der Waals surface area contributed by atoms with Crippen LogP contribution in [0.4, 0.5) is 5.69 Å². The highest BCUT2D eigenvalue weighted by atomic mass is 16.5. The quantitative estimate of drug-likeness (QED) is 0.590. The van der Waals surface area contributed by atoms with Gasteiger partial charge in [-0.05, 0) is 30.5 Å². The molecule has 114 valence electrons. The van der Waals surface area contributed by atoms with Gasteiger partial charge < -0.3 is 9.84 Å². The molecule has 0 atom stereocenters. The Kier molecular flexibility index (Phi) is 6.39. The minimum absolute atomic E-state index is 0.0457. The lowest BCUT2D eigenvalue weighted by atomic mass is 10.1. The maximum absolute atomic E-state index is 11.0. The number of carboxylic acids is 1. The second kappa shape index (κ2) is 8.28. The van der Waals surface area contributed by atoms with Crippen LogP contribution in [0.2, 0.25) is 0 Å². The van der Waals surface area contributed by atoms with Crippen LogP contribution in [0, 0.1) is 28.6 Å². The number of carbonyl (C=O) groups is 1. The number of hydrogen-bond acceptors (Lipinski definition) is 6. The molecule has 0 fully saturated rings. The maximum Gasteiger partial charge on any atom is 0.335 e. The van der Waals surface area contributed by atoms with E-state index in [-0.39, 0.29) is 17.0 Å². The zero-order valence-corrected chi connectivity index (χ0v) is 12.3.